The van der Waals surface area contributed by atoms with Crippen LogP contribution in [0.15, 0.2) is 24.4 Å². The van der Waals surface area contributed by atoms with Crippen molar-refractivity contribution in [2.24, 2.45) is 0 Å². The predicted molar refractivity (Wildman–Crippen MR) is 43.1 cm³/mol. The van der Waals surface area contributed by atoms with Crippen molar-refractivity contribution in [2.75, 3.05) is 0 Å². The third-order valence-corrected chi connectivity index (χ3v) is 0.969. The molecule has 0 aliphatic carbocycles. The number of pyridine rings is 1. The Balaban J connectivity index is 2.67. The summed E-state index contributed by atoms with van der Waals surface area (Å²) in [6, 6.07) is 5.43. The second kappa shape index (κ2) is 3.27. The van der Waals surface area contributed by atoms with Crippen LogP contribution in [0.1, 0.15) is 6.92 Å². The molecule has 1 aromatic heterocycles. The lowest BCUT2D eigenvalue weighted by molar-refractivity contribution is 0.537. The van der Waals surface area contributed by atoms with E-state index in [1.165, 1.54) is 0 Å². The molecule has 0 aliphatic rings. The Bertz CT molecular complexity index is 222. The summed E-state index contributed by atoms with van der Waals surface area (Å²) >= 11 is 4.72. The van der Waals surface area contributed by atoms with E-state index in [0.29, 0.717) is 10.9 Å². The van der Waals surface area contributed by atoms with Gasteiger partial charge in [0.15, 0.2) is 5.05 Å². The van der Waals surface area contributed by atoms with Gasteiger partial charge < -0.3 is 4.74 Å². The molecule has 0 saturated carbocycles. The summed E-state index contributed by atoms with van der Waals surface area (Å²) in [7, 11) is 0. The number of nitrogens with zero attached hydrogens (tertiary/aromatic N) is 1. The zero-order valence-electron chi connectivity index (χ0n) is 5.57. The predicted octanol–water partition coefficient (Wildman–Crippen LogP) is 1.81. The summed E-state index contributed by atoms with van der Waals surface area (Å²) in [5, 5.41) is 0.485. The van der Waals surface area contributed by atoms with E-state index in [-0.39, 0.29) is 0 Å². The molecular formula is C7H7NOS. The van der Waals surface area contributed by atoms with Crippen LogP contribution in [0.2, 0.25) is 0 Å². The first-order valence-electron chi connectivity index (χ1n) is 2.88. The van der Waals surface area contributed by atoms with E-state index >= 15 is 0 Å². The van der Waals surface area contributed by atoms with Gasteiger partial charge in [0, 0.05) is 19.2 Å². The summed E-state index contributed by atoms with van der Waals surface area (Å²) in [5.74, 6) is 0.551. The quantitative estimate of drug-likeness (QED) is 0.574. The first-order chi connectivity index (χ1) is 4.79. The topological polar surface area (TPSA) is 22.1 Å². The molecule has 0 amide bonds. The molecule has 52 valence electrons. The normalized spacial score (nSPS) is 8.90. The Morgan fingerprint density at radius 1 is 1.60 bits per heavy atom. The van der Waals surface area contributed by atoms with Crippen molar-refractivity contribution in [1.29, 1.82) is 0 Å². The third kappa shape index (κ3) is 2.11. The van der Waals surface area contributed by atoms with Gasteiger partial charge >= 0.3 is 0 Å². The van der Waals surface area contributed by atoms with E-state index in [9.17, 15) is 0 Å². The van der Waals surface area contributed by atoms with Crippen LogP contribution in [-0.4, -0.2) is 10.0 Å². The Hall–Kier alpha value is -0.960. The van der Waals surface area contributed by atoms with Crippen LogP contribution in [0.25, 0.3) is 0 Å². The van der Waals surface area contributed by atoms with Crippen molar-refractivity contribution in [2.45, 2.75) is 6.92 Å². The summed E-state index contributed by atoms with van der Waals surface area (Å²) < 4.78 is 5.03. The molecule has 1 aromatic rings. The summed E-state index contributed by atoms with van der Waals surface area (Å²) in [5.41, 5.74) is 0. The van der Waals surface area contributed by atoms with Crippen molar-refractivity contribution in [3.63, 3.8) is 0 Å². The van der Waals surface area contributed by atoms with Crippen molar-refractivity contribution in [3.8, 4) is 5.88 Å². The highest BCUT2D eigenvalue weighted by molar-refractivity contribution is 7.80. The summed E-state index contributed by atoms with van der Waals surface area (Å²) in [6.45, 7) is 1.71. The maximum Gasteiger partial charge on any atom is 0.219 e. The van der Waals surface area contributed by atoms with Crippen molar-refractivity contribution in [1.82, 2.24) is 4.98 Å². The fraction of sp³-hybridized carbons (Fsp3) is 0.143. The van der Waals surface area contributed by atoms with E-state index in [1.54, 1.807) is 19.2 Å². The maximum absolute atomic E-state index is 5.03. The molecule has 1 rings (SSSR count). The zero-order valence-corrected chi connectivity index (χ0v) is 6.39. The minimum absolute atomic E-state index is 0.485. The maximum atomic E-state index is 5.03. The smallest absolute Gasteiger partial charge is 0.219 e. The molecule has 0 unspecified atom stereocenters. The SMILES string of the molecule is CC(=S)Oc1ccccn1. The molecule has 0 N–H and O–H groups in total. The van der Waals surface area contributed by atoms with Gasteiger partial charge in [-0.05, 0) is 18.3 Å². The molecule has 0 aliphatic heterocycles. The first-order valence-corrected chi connectivity index (χ1v) is 3.29. The molecule has 0 spiro atoms. The lowest BCUT2D eigenvalue weighted by Gasteiger charge is -1.98. The van der Waals surface area contributed by atoms with Crippen LogP contribution < -0.4 is 4.74 Å². The average molecular weight is 153 g/mol. The highest BCUT2D eigenvalue weighted by atomic mass is 32.1. The van der Waals surface area contributed by atoms with E-state index in [1.807, 2.05) is 12.1 Å². The first kappa shape index (κ1) is 7.15. The number of ether oxygens (including phenoxy) is 1. The Kier molecular flexibility index (Phi) is 2.34. The summed E-state index contributed by atoms with van der Waals surface area (Å²) in [6.07, 6.45) is 1.66. The standard InChI is InChI=1S/C7H7NOS/c1-6(10)9-7-4-2-3-5-8-7/h2-5H,1H3. The van der Waals surface area contributed by atoms with Gasteiger partial charge in [-0.25, -0.2) is 4.98 Å². The Morgan fingerprint density at radius 3 is 2.90 bits per heavy atom. The van der Waals surface area contributed by atoms with E-state index < -0.39 is 0 Å². The Morgan fingerprint density at radius 2 is 2.40 bits per heavy atom. The molecule has 0 bridgehead atoms. The van der Waals surface area contributed by atoms with Crippen molar-refractivity contribution < 1.29 is 4.74 Å². The minimum atomic E-state index is 0.485. The largest absolute Gasteiger partial charge is 0.432 e. The van der Waals surface area contributed by atoms with Crippen molar-refractivity contribution >= 4 is 17.3 Å². The highest BCUT2D eigenvalue weighted by Gasteiger charge is 1.91. The van der Waals surface area contributed by atoms with Crippen LogP contribution in [0, 0.1) is 0 Å². The number of aromatic nitrogens is 1. The number of hydrogen-bond acceptors (Lipinski definition) is 3. The molecule has 2 nitrogen and oxygen atoms in total. The van der Waals surface area contributed by atoms with Gasteiger partial charge in [-0.15, -0.1) is 0 Å². The van der Waals surface area contributed by atoms with Crippen LogP contribution in [-0.2, 0) is 0 Å². The minimum Gasteiger partial charge on any atom is -0.432 e. The van der Waals surface area contributed by atoms with E-state index in [4.69, 9.17) is 17.0 Å². The van der Waals surface area contributed by atoms with Crippen LogP contribution in [0.3, 0.4) is 0 Å². The van der Waals surface area contributed by atoms with Gasteiger partial charge in [-0.2, -0.15) is 0 Å². The van der Waals surface area contributed by atoms with E-state index in [2.05, 4.69) is 4.98 Å². The van der Waals surface area contributed by atoms with Gasteiger partial charge in [0.25, 0.3) is 0 Å². The molecule has 3 heteroatoms. The van der Waals surface area contributed by atoms with Gasteiger partial charge in [-0.1, -0.05) is 6.07 Å². The Labute approximate surface area is 64.9 Å². The van der Waals surface area contributed by atoms with Crippen LogP contribution in [0.5, 0.6) is 5.88 Å². The molecule has 10 heavy (non-hydrogen) atoms. The number of thiocarbonyl (C=S) groups is 1. The zero-order chi connectivity index (χ0) is 7.40. The molecule has 0 aromatic carbocycles. The van der Waals surface area contributed by atoms with Gasteiger partial charge in [0.05, 0.1) is 0 Å². The molecule has 0 fully saturated rings. The summed E-state index contributed by atoms with van der Waals surface area (Å²) in [4.78, 5) is 3.91. The highest BCUT2D eigenvalue weighted by Crippen LogP contribution is 2.02. The van der Waals surface area contributed by atoms with Gasteiger partial charge in [-0.3, -0.25) is 0 Å². The van der Waals surface area contributed by atoms with Crippen molar-refractivity contribution in [3.05, 3.63) is 24.4 Å². The number of rotatable bonds is 1. The second-order valence-electron chi connectivity index (χ2n) is 1.76. The average Bonchev–Trinajstić information content (AvgIpc) is 1.88. The van der Waals surface area contributed by atoms with Gasteiger partial charge in [0.2, 0.25) is 5.88 Å². The molecule has 0 atom stereocenters. The molecular weight excluding hydrogens is 146 g/mol. The molecule has 0 radical (unpaired) electrons. The monoisotopic (exact) mass is 153 g/mol. The lowest BCUT2D eigenvalue weighted by atomic mass is 10.5. The lowest BCUT2D eigenvalue weighted by Crippen LogP contribution is -1.99. The molecule has 0 saturated heterocycles. The number of hydrogen-bond donors (Lipinski definition) is 0. The third-order valence-electron chi connectivity index (χ3n) is 0.886. The van der Waals surface area contributed by atoms with Crippen LogP contribution >= 0.6 is 12.2 Å². The van der Waals surface area contributed by atoms with E-state index in [0.717, 1.165) is 0 Å². The van der Waals surface area contributed by atoms with Gasteiger partial charge in [0.1, 0.15) is 0 Å². The van der Waals surface area contributed by atoms with Crippen LogP contribution in [0.4, 0.5) is 0 Å². The molecule has 1 heterocycles. The fourth-order valence-corrected chi connectivity index (χ4v) is 0.640. The second-order valence-corrected chi connectivity index (χ2v) is 2.34. The fourth-order valence-electron chi connectivity index (χ4n) is 0.555.